The molecule has 0 unspecified atom stereocenters. The number of benzene rings is 1. The van der Waals surface area contributed by atoms with E-state index in [1.165, 1.54) is 5.56 Å². The summed E-state index contributed by atoms with van der Waals surface area (Å²) < 4.78 is 5.72. The van der Waals surface area contributed by atoms with Gasteiger partial charge in [-0.1, -0.05) is 44.5 Å². The van der Waals surface area contributed by atoms with Gasteiger partial charge >= 0.3 is 0 Å². The largest absolute Gasteiger partial charge is 0.487 e. The van der Waals surface area contributed by atoms with Crippen LogP contribution in [0.4, 0.5) is 0 Å². The molecule has 0 fully saturated rings. The Bertz CT molecular complexity index is 547. The van der Waals surface area contributed by atoms with E-state index in [4.69, 9.17) is 16.3 Å². The second-order valence-electron chi connectivity index (χ2n) is 5.41. The third kappa shape index (κ3) is 3.93. The molecule has 0 amide bonds. The standard InChI is InChI=1S/C15H17ClN2O/c1-15(2,3)11-5-4-6-13(9-11)19-10-12-7-8-14(16)18-17-12/h4-9H,10H2,1-3H3. The Labute approximate surface area is 118 Å². The second-order valence-corrected chi connectivity index (χ2v) is 5.80. The molecule has 0 saturated heterocycles. The smallest absolute Gasteiger partial charge is 0.151 e. The van der Waals surface area contributed by atoms with Crippen molar-refractivity contribution < 1.29 is 4.74 Å². The van der Waals surface area contributed by atoms with Crippen LogP contribution in [0.25, 0.3) is 0 Å². The van der Waals surface area contributed by atoms with E-state index in [9.17, 15) is 0 Å². The van der Waals surface area contributed by atoms with E-state index in [0.29, 0.717) is 11.8 Å². The summed E-state index contributed by atoms with van der Waals surface area (Å²) in [4.78, 5) is 0. The third-order valence-electron chi connectivity index (χ3n) is 2.77. The van der Waals surface area contributed by atoms with E-state index in [0.717, 1.165) is 11.4 Å². The van der Waals surface area contributed by atoms with Gasteiger partial charge in [-0.2, -0.15) is 5.10 Å². The lowest BCUT2D eigenvalue weighted by Gasteiger charge is -2.19. The molecular formula is C15H17ClN2O. The molecule has 1 aromatic carbocycles. The molecule has 1 heterocycles. The van der Waals surface area contributed by atoms with Crippen molar-refractivity contribution in [3.8, 4) is 5.75 Å². The summed E-state index contributed by atoms with van der Waals surface area (Å²) in [7, 11) is 0. The van der Waals surface area contributed by atoms with Crippen LogP contribution in [0.15, 0.2) is 36.4 Å². The molecule has 0 radical (unpaired) electrons. The fourth-order valence-corrected chi connectivity index (χ4v) is 1.73. The predicted molar refractivity (Wildman–Crippen MR) is 76.5 cm³/mol. The normalized spacial score (nSPS) is 11.4. The van der Waals surface area contributed by atoms with E-state index in [2.05, 4.69) is 43.1 Å². The lowest BCUT2D eigenvalue weighted by atomic mass is 9.87. The van der Waals surface area contributed by atoms with Gasteiger partial charge in [-0.15, -0.1) is 5.10 Å². The first-order valence-electron chi connectivity index (χ1n) is 6.16. The van der Waals surface area contributed by atoms with Crippen LogP contribution in [-0.2, 0) is 12.0 Å². The number of ether oxygens (including phenoxy) is 1. The van der Waals surface area contributed by atoms with Crippen LogP contribution in [0.1, 0.15) is 32.0 Å². The number of rotatable bonds is 3. The first-order valence-corrected chi connectivity index (χ1v) is 6.54. The molecule has 0 saturated carbocycles. The Hall–Kier alpha value is -1.61. The summed E-state index contributed by atoms with van der Waals surface area (Å²) in [6.07, 6.45) is 0. The number of hydrogen-bond acceptors (Lipinski definition) is 3. The lowest BCUT2D eigenvalue weighted by Crippen LogP contribution is -2.11. The highest BCUT2D eigenvalue weighted by atomic mass is 35.5. The van der Waals surface area contributed by atoms with Crippen LogP contribution in [0.3, 0.4) is 0 Å². The number of aromatic nitrogens is 2. The Kier molecular flexibility index (Phi) is 4.05. The minimum atomic E-state index is 0.111. The molecule has 2 rings (SSSR count). The average Bonchev–Trinajstić information content (AvgIpc) is 2.37. The minimum Gasteiger partial charge on any atom is -0.487 e. The zero-order valence-electron chi connectivity index (χ0n) is 11.4. The summed E-state index contributed by atoms with van der Waals surface area (Å²) in [5, 5.41) is 8.13. The predicted octanol–water partition coefficient (Wildman–Crippen LogP) is 4.01. The van der Waals surface area contributed by atoms with Crippen molar-refractivity contribution >= 4 is 11.6 Å². The highest BCUT2D eigenvalue weighted by Gasteiger charge is 2.13. The Balaban J connectivity index is 2.05. The van der Waals surface area contributed by atoms with Crippen LogP contribution in [0.2, 0.25) is 5.15 Å². The molecule has 0 aliphatic carbocycles. The van der Waals surface area contributed by atoms with Crippen molar-refractivity contribution in [3.05, 3.63) is 52.8 Å². The molecule has 0 atom stereocenters. The second kappa shape index (κ2) is 5.57. The molecule has 3 nitrogen and oxygen atoms in total. The Morgan fingerprint density at radius 2 is 1.89 bits per heavy atom. The van der Waals surface area contributed by atoms with E-state index in [-0.39, 0.29) is 5.41 Å². The van der Waals surface area contributed by atoms with Crippen LogP contribution in [0.5, 0.6) is 5.75 Å². The van der Waals surface area contributed by atoms with Crippen molar-refractivity contribution in [1.29, 1.82) is 0 Å². The molecule has 1 aromatic heterocycles. The van der Waals surface area contributed by atoms with Crippen LogP contribution < -0.4 is 4.74 Å². The molecule has 0 bridgehead atoms. The van der Waals surface area contributed by atoms with Crippen molar-refractivity contribution in [3.63, 3.8) is 0 Å². The van der Waals surface area contributed by atoms with Gasteiger partial charge in [-0.25, -0.2) is 0 Å². The maximum absolute atomic E-state index is 5.72. The van der Waals surface area contributed by atoms with Gasteiger partial charge < -0.3 is 4.74 Å². The fraction of sp³-hybridized carbons (Fsp3) is 0.333. The van der Waals surface area contributed by atoms with Gasteiger partial charge in [0.25, 0.3) is 0 Å². The summed E-state index contributed by atoms with van der Waals surface area (Å²) in [6.45, 7) is 6.92. The van der Waals surface area contributed by atoms with Crippen molar-refractivity contribution in [1.82, 2.24) is 10.2 Å². The van der Waals surface area contributed by atoms with Crippen molar-refractivity contribution in [2.45, 2.75) is 32.8 Å². The highest BCUT2D eigenvalue weighted by molar-refractivity contribution is 6.29. The van der Waals surface area contributed by atoms with E-state index in [1.54, 1.807) is 6.07 Å². The molecule has 0 spiro atoms. The molecular weight excluding hydrogens is 260 g/mol. The Morgan fingerprint density at radius 1 is 1.11 bits per heavy atom. The molecule has 0 aliphatic rings. The first kappa shape index (κ1) is 13.8. The van der Waals surface area contributed by atoms with Gasteiger partial charge in [0.1, 0.15) is 18.1 Å². The van der Waals surface area contributed by atoms with E-state index < -0.39 is 0 Å². The molecule has 4 heteroatoms. The molecule has 100 valence electrons. The average molecular weight is 277 g/mol. The van der Waals surface area contributed by atoms with Gasteiger partial charge in [-0.3, -0.25) is 0 Å². The molecule has 2 aromatic rings. The minimum absolute atomic E-state index is 0.111. The van der Waals surface area contributed by atoms with Gasteiger partial charge in [-0.05, 0) is 35.2 Å². The topological polar surface area (TPSA) is 35.0 Å². The SMILES string of the molecule is CC(C)(C)c1cccc(OCc2ccc(Cl)nn2)c1. The number of halogens is 1. The highest BCUT2D eigenvalue weighted by Crippen LogP contribution is 2.25. The van der Waals surface area contributed by atoms with Crippen LogP contribution in [0, 0.1) is 0 Å². The monoisotopic (exact) mass is 276 g/mol. The zero-order valence-corrected chi connectivity index (χ0v) is 12.1. The van der Waals surface area contributed by atoms with Gasteiger partial charge in [0.15, 0.2) is 5.15 Å². The maximum atomic E-state index is 5.72. The first-order chi connectivity index (χ1) is 8.95. The summed E-state index contributed by atoms with van der Waals surface area (Å²) in [5.41, 5.74) is 2.11. The summed E-state index contributed by atoms with van der Waals surface area (Å²) >= 11 is 5.69. The number of nitrogens with zero attached hydrogens (tertiary/aromatic N) is 2. The molecule has 0 N–H and O–H groups in total. The summed E-state index contributed by atoms with van der Waals surface area (Å²) in [6, 6.07) is 11.6. The van der Waals surface area contributed by atoms with Crippen LogP contribution >= 0.6 is 11.6 Å². The molecule has 0 aliphatic heterocycles. The maximum Gasteiger partial charge on any atom is 0.151 e. The van der Waals surface area contributed by atoms with Crippen molar-refractivity contribution in [2.24, 2.45) is 0 Å². The van der Waals surface area contributed by atoms with E-state index >= 15 is 0 Å². The third-order valence-corrected chi connectivity index (χ3v) is 2.98. The quantitative estimate of drug-likeness (QED) is 0.850. The van der Waals surface area contributed by atoms with E-state index in [1.807, 2.05) is 18.2 Å². The lowest BCUT2D eigenvalue weighted by molar-refractivity contribution is 0.299. The van der Waals surface area contributed by atoms with Gasteiger partial charge in [0.2, 0.25) is 0 Å². The van der Waals surface area contributed by atoms with Crippen LogP contribution in [-0.4, -0.2) is 10.2 Å². The Morgan fingerprint density at radius 3 is 2.53 bits per heavy atom. The molecule has 19 heavy (non-hydrogen) atoms. The summed E-state index contributed by atoms with van der Waals surface area (Å²) in [5.74, 6) is 0.837. The number of hydrogen-bond donors (Lipinski definition) is 0. The fourth-order valence-electron chi connectivity index (χ4n) is 1.63. The zero-order chi connectivity index (χ0) is 13.9. The van der Waals surface area contributed by atoms with Gasteiger partial charge in [0, 0.05) is 0 Å². The van der Waals surface area contributed by atoms with Crippen molar-refractivity contribution in [2.75, 3.05) is 0 Å². The van der Waals surface area contributed by atoms with Gasteiger partial charge in [0.05, 0.1) is 0 Å².